The molecule has 0 saturated heterocycles. The maximum absolute atomic E-state index is 13.1. The lowest BCUT2D eigenvalue weighted by molar-refractivity contribution is -0.135. The number of benzene rings is 1. The number of hydrogen-bond acceptors (Lipinski definition) is 7. The Morgan fingerprint density at radius 2 is 2.00 bits per heavy atom. The van der Waals surface area contributed by atoms with E-state index < -0.39 is 5.92 Å². The number of carbonyl (C=O) groups excluding carboxylic acids is 2. The molecule has 7 nitrogen and oxygen atoms in total. The number of carbonyl (C=O) groups is 2. The first kappa shape index (κ1) is 20.0. The van der Waals surface area contributed by atoms with Gasteiger partial charge in [-0.2, -0.15) is 5.26 Å². The smallest absolute Gasteiger partial charge is 0.314 e. The molecule has 1 aliphatic heterocycles. The zero-order chi connectivity index (χ0) is 21.6. The summed E-state index contributed by atoms with van der Waals surface area (Å²) >= 11 is 0. The number of ether oxygens (including phenoxy) is 3. The lowest BCUT2D eigenvalue weighted by atomic mass is 9.70. The number of nitrogens with two attached hydrogens (primary N) is 1. The predicted molar refractivity (Wildman–Crippen MR) is 107 cm³/mol. The first-order valence-electron chi connectivity index (χ1n) is 9.97. The molecule has 1 aromatic rings. The highest BCUT2D eigenvalue weighted by Gasteiger charge is 2.43. The van der Waals surface area contributed by atoms with Crippen LogP contribution < -0.4 is 15.2 Å². The molecule has 4 rings (SSSR count). The minimum absolute atomic E-state index is 0.000840. The van der Waals surface area contributed by atoms with Crippen LogP contribution >= 0.6 is 0 Å². The predicted octanol–water partition coefficient (Wildman–Crippen LogP) is 3.46. The molecule has 1 heterocycles. The Balaban J connectivity index is 1.80. The molecule has 30 heavy (non-hydrogen) atoms. The summed E-state index contributed by atoms with van der Waals surface area (Å²) in [6.45, 7) is 3.99. The lowest BCUT2D eigenvalue weighted by Crippen LogP contribution is -2.33. The average molecular weight is 408 g/mol. The summed E-state index contributed by atoms with van der Waals surface area (Å²) in [5.74, 6) is 0.0433. The minimum atomic E-state index is -0.674. The molecule has 3 aliphatic rings. The van der Waals surface area contributed by atoms with Crippen molar-refractivity contribution in [3.63, 3.8) is 0 Å². The van der Waals surface area contributed by atoms with E-state index in [0.29, 0.717) is 35.5 Å². The van der Waals surface area contributed by atoms with Crippen molar-refractivity contribution < 1.29 is 23.8 Å². The van der Waals surface area contributed by atoms with Crippen LogP contribution in [0, 0.1) is 22.7 Å². The van der Waals surface area contributed by atoms with Gasteiger partial charge in [-0.3, -0.25) is 9.59 Å². The van der Waals surface area contributed by atoms with Gasteiger partial charge in [-0.15, -0.1) is 0 Å². The number of esters is 1. The highest BCUT2D eigenvalue weighted by molar-refractivity contribution is 6.00. The summed E-state index contributed by atoms with van der Waals surface area (Å²) in [6.07, 6.45) is 2.53. The van der Waals surface area contributed by atoms with Gasteiger partial charge in [0.15, 0.2) is 17.3 Å². The van der Waals surface area contributed by atoms with E-state index in [0.717, 1.165) is 12.8 Å². The Labute approximate surface area is 175 Å². The van der Waals surface area contributed by atoms with Crippen LogP contribution in [-0.2, 0) is 14.3 Å². The van der Waals surface area contributed by atoms with Gasteiger partial charge in [0, 0.05) is 18.4 Å². The van der Waals surface area contributed by atoms with Gasteiger partial charge < -0.3 is 19.9 Å². The van der Waals surface area contributed by atoms with Crippen molar-refractivity contribution in [1.82, 2.24) is 0 Å². The molecule has 2 aliphatic carbocycles. The van der Waals surface area contributed by atoms with Gasteiger partial charge in [-0.1, -0.05) is 19.9 Å². The Kier molecular flexibility index (Phi) is 4.81. The highest BCUT2D eigenvalue weighted by atomic mass is 16.6. The second-order valence-electron chi connectivity index (χ2n) is 8.81. The van der Waals surface area contributed by atoms with Crippen LogP contribution in [0.2, 0.25) is 0 Å². The number of nitriles is 1. The summed E-state index contributed by atoms with van der Waals surface area (Å²) < 4.78 is 16.6. The Bertz CT molecular complexity index is 1040. The number of methoxy groups -OCH3 is 1. The topological polar surface area (TPSA) is 112 Å². The van der Waals surface area contributed by atoms with E-state index in [1.165, 1.54) is 7.11 Å². The van der Waals surface area contributed by atoms with Crippen molar-refractivity contribution >= 4 is 11.8 Å². The van der Waals surface area contributed by atoms with Crippen molar-refractivity contribution in [1.29, 1.82) is 5.26 Å². The fraction of sp³-hybridized carbons (Fsp3) is 0.435. The van der Waals surface area contributed by atoms with E-state index in [2.05, 4.69) is 6.07 Å². The van der Waals surface area contributed by atoms with Crippen LogP contribution in [0.25, 0.3) is 0 Å². The molecule has 156 valence electrons. The lowest BCUT2D eigenvalue weighted by Gasteiger charge is -2.37. The molecule has 0 unspecified atom stereocenters. The fourth-order valence-electron chi connectivity index (χ4n) is 4.08. The van der Waals surface area contributed by atoms with E-state index in [1.807, 2.05) is 13.8 Å². The molecule has 0 amide bonds. The van der Waals surface area contributed by atoms with Gasteiger partial charge in [0.2, 0.25) is 5.88 Å². The van der Waals surface area contributed by atoms with Gasteiger partial charge in [-0.05, 0) is 36.0 Å². The van der Waals surface area contributed by atoms with E-state index in [4.69, 9.17) is 19.9 Å². The maximum atomic E-state index is 13.1. The molecular formula is C23H24N2O5. The molecule has 0 bridgehead atoms. The summed E-state index contributed by atoms with van der Waals surface area (Å²) in [5, 5.41) is 9.76. The number of Topliss-reactive ketones (excluding diaryl/α,β-unsaturated/α-hetero) is 1. The number of allylic oxidation sites excluding steroid dienone is 3. The van der Waals surface area contributed by atoms with E-state index in [1.54, 1.807) is 18.2 Å². The summed E-state index contributed by atoms with van der Waals surface area (Å²) in [5.41, 5.74) is 7.05. The van der Waals surface area contributed by atoms with Gasteiger partial charge in [-0.25, -0.2) is 0 Å². The molecule has 2 N–H and O–H groups in total. The van der Waals surface area contributed by atoms with Crippen LogP contribution in [0.3, 0.4) is 0 Å². The fourth-order valence-corrected chi connectivity index (χ4v) is 4.08. The number of nitrogens with zero attached hydrogens (tertiary/aromatic N) is 1. The summed E-state index contributed by atoms with van der Waals surface area (Å²) in [6, 6.07) is 7.17. The highest BCUT2D eigenvalue weighted by Crippen LogP contribution is 2.48. The molecule has 1 fully saturated rings. The van der Waals surface area contributed by atoms with Crippen molar-refractivity contribution in [2.45, 2.75) is 45.4 Å². The molecule has 7 heteroatoms. The maximum Gasteiger partial charge on any atom is 0.314 e. The summed E-state index contributed by atoms with van der Waals surface area (Å²) in [7, 11) is 1.49. The number of rotatable bonds is 4. The van der Waals surface area contributed by atoms with Crippen molar-refractivity contribution in [3.8, 4) is 17.6 Å². The Hall–Kier alpha value is -3.27. The normalized spacial score (nSPS) is 22.7. The molecule has 1 saturated carbocycles. The molecule has 1 atom stereocenters. The van der Waals surface area contributed by atoms with E-state index in [9.17, 15) is 14.9 Å². The second kappa shape index (κ2) is 7.21. The van der Waals surface area contributed by atoms with Gasteiger partial charge >= 0.3 is 5.97 Å². The summed E-state index contributed by atoms with van der Waals surface area (Å²) in [4.78, 5) is 25.3. The third-order valence-electron chi connectivity index (χ3n) is 5.72. The van der Waals surface area contributed by atoms with Gasteiger partial charge in [0.1, 0.15) is 17.4 Å². The van der Waals surface area contributed by atoms with Gasteiger partial charge in [0.25, 0.3) is 0 Å². The molecular weight excluding hydrogens is 384 g/mol. The zero-order valence-corrected chi connectivity index (χ0v) is 17.3. The average Bonchev–Trinajstić information content (AvgIpc) is 3.51. The molecule has 0 aromatic heterocycles. The Morgan fingerprint density at radius 3 is 2.63 bits per heavy atom. The minimum Gasteiger partial charge on any atom is -0.493 e. The third-order valence-corrected chi connectivity index (χ3v) is 5.72. The quantitative estimate of drug-likeness (QED) is 0.600. The van der Waals surface area contributed by atoms with Crippen LogP contribution in [0.15, 0.2) is 41.0 Å². The van der Waals surface area contributed by atoms with E-state index >= 15 is 0 Å². The van der Waals surface area contributed by atoms with Crippen LogP contribution in [0.4, 0.5) is 0 Å². The Morgan fingerprint density at radius 1 is 1.27 bits per heavy atom. The molecule has 1 aromatic carbocycles. The SMILES string of the molecule is COc1ccc([C@@H]2C(C#N)=C(N)OC3=C2C(=O)CC(C)(C)C3)cc1OC(=O)C1CC1. The third kappa shape index (κ3) is 3.54. The van der Waals surface area contributed by atoms with Gasteiger partial charge in [0.05, 0.1) is 18.9 Å². The molecule has 0 spiro atoms. The number of ketones is 1. The van der Waals surface area contributed by atoms with E-state index in [-0.39, 0.29) is 40.3 Å². The number of hydrogen-bond donors (Lipinski definition) is 1. The van der Waals surface area contributed by atoms with Crippen LogP contribution in [0.1, 0.15) is 51.0 Å². The first-order valence-corrected chi connectivity index (χ1v) is 9.97. The van der Waals surface area contributed by atoms with Crippen molar-refractivity contribution in [2.75, 3.05) is 7.11 Å². The largest absolute Gasteiger partial charge is 0.493 e. The van der Waals surface area contributed by atoms with Crippen LogP contribution in [-0.4, -0.2) is 18.9 Å². The monoisotopic (exact) mass is 408 g/mol. The zero-order valence-electron chi connectivity index (χ0n) is 17.3. The van der Waals surface area contributed by atoms with Crippen LogP contribution in [0.5, 0.6) is 11.5 Å². The van der Waals surface area contributed by atoms with Crippen molar-refractivity contribution in [2.24, 2.45) is 17.1 Å². The molecule has 0 radical (unpaired) electrons. The second-order valence-corrected chi connectivity index (χ2v) is 8.81. The first-order chi connectivity index (χ1) is 14.2. The van der Waals surface area contributed by atoms with Crippen molar-refractivity contribution in [3.05, 3.63) is 46.6 Å². The standard InChI is InChI=1S/C23H24N2O5/c1-23(2)9-15(26)20-18(10-23)29-21(25)14(11-24)19(20)13-6-7-16(28-3)17(8-13)30-22(27)12-4-5-12/h6-8,12,19H,4-5,9-10,25H2,1-3H3/t19-/m1/s1.